The Morgan fingerprint density at radius 3 is 3.00 bits per heavy atom. The lowest BCUT2D eigenvalue weighted by atomic mass is 10.3. The lowest BCUT2D eigenvalue weighted by molar-refractivity contribution is 0.101. The van der Waals surface area contributed by atoms with Crippen molar-refractivity contribution >= 4 is 33.0 Å². The van der Waals surface area contributed by atoms with Crippen molar-refractivity contribution in [3.05, 3.63) is 32.7 Å². The average molecular weight is 286 g/mol. The number of Topliss-reactive ketones (excluding diaryl/α,β-unsaturated/α-hetero) is 1. The maximum absolute atomic E-state index is 11.0. The van der Waals surface area contributed by atoms with Gasteiger partial charge in [0, 0.05) is 6.92 Å². The minimum absolute atomic E-state index is 0.0623. The van der Waals surface area contributed by atoms with Crippen molar-refractivity contribution in [1.29, 1.82) is 0 Å². The topological polar surface area (TPSA) is 47.8 Å². The van der Waals surface area contributed by atoms with Crippen LogP contribution in [0.4, 0.5) is 0 Å². The summed E-state index contributed by atoms with van der Waals surface area (Å²) in [7, 11) is 0. The average Bonchev–Trinajstić information content (AvgIpc) is 2.76. The van der Waals surface area contributed by atoms with Crippen molar-refractivity contribution in [3.8, 4) is 0 Å². The van der Waals surface area contributed by atoms with E-state index in [-0.39, 0.29) is 5.78 Å². The predicted octanol–water partition coefficient (Wildman–Crippen LogP) is 2.35. The Balaban J connectivity index is 2.14. The number of carbonyl (C=O) groups excluding carboxylic acids is 1. The van der Waals surface area contributed by atoms with Gasteiger partial charge < -0.3 is 0 Å². The Hall–Kier alpha value is -1.01. The molecule has 0 amide bonds. The Morgan fingerprint density at radius 1 is 1.67 bits per heavy atom. The first kappa shape index (κ1) is 10.5. The number of ketones is 1. The van der Waals surface area contributed by atoms with Crippen LogP contribution in [0.3, 0.4) is 0 Å². The van der Waals surface area contributed by atoms with Gasteiger partial charge in [0.15, 0.2) is 5.78 Å². The molecule has 0 bridgehead atoms. The molecule has 15 heavy (non-hydrogen) atoms. The molecule has 0 radical (unpaired) electrons. The Labute approximate surface area is 99.0 Å². The van der Waals surface area contributed by atoms with Crippen LogP contribution in [-0.2, 0) is 6.54 Å². The fraction of sp³-hybridized carbons (Fsp3) is 0.222. The molecule has 0 aliphatic carbocycles. The molecule has 2 heterocycles. The van der Waals surface area contributed by atoms with E-state index < -0.39 is 0 Å². The van der Waals surface area contributed by atoms with Gasteiger partial charge in [0.1, 0.15) is 5.69 Å². The molecule has 0 aliphatic heterocycles. The van der Waals surface area contributed by atoms with E-state index in [0.29, 0.717) is 12.2 Å². The van der Waals surface area contributed by atoms with E-state index in [2.05, 4.69) is 26.2 Å². The molecule has 78 valence electrons. The van der Waals surface area contributed by atoms with Gasteiger partial charge in [0.05, 0.1) is 16.5 Å². The van der Waals surface area contributed by atoms with E-state index in [1.54, 1.807) is 22.2 Å². The van der Waals surface area contributed by atoms with E-state index in [4.69, 9.17) is 0 Å². The second-order valence-corrected chi connectivity index (χ2v) is 5.41. The van der Waals surface area contributed by atoms with Crippen molar-refractivity contribution < 1.29 is 4.79 Å². The lowest BCUT2D eigenvalue weighted by Gasteiger charge is -1.94. The monoisotopic (exact) mass is 285 g/mol. The SMILES string of the molecule is CC(=O)c1cn(Cc2csc(Br)c2)nn1. The first-order valence-corrected chi connectivity index (χ1v) is 5.96. The number of carbonyl (C=O) groups is 1. The zero-order valence-electron chi connectivity index (χ0n) is 7.98. The fourth-order valence-corrected chi connectivity index (χ4v) is 2.35. The third-order valence-electron chi connectivity index (χ3n) is 1.87. The Bertz CT molecular complexity index is 491. The summed E-state index contributed by atoms with van der Waals surface area (Å²) >= 11 is 5.02. The van der Waals surface area contributed by atoms with Crippen molar-refractivity contribution in [2.24, 2.45) is 0 Å². The van der Waals surface area contributed by atoms with Crippen LogP contribution in [0.1, 0.15) is 23.0 Å². The quantitative estimate of drug-likeness (QED) is 0.814. The van der Waals surface area contributed by atoms with Gasteiger partial charge in [-0.05, 0) is 32.9 Å². The van der Waals surface area contributed by atoms with Crippen LogP contribution < -0.4 is 0 Å². The summed E-state index contributed by atoms with van der Waals surface area (Å²) < 4.78 is 2.75. The van der Waals surface area contributed by atoms with Gasteiger partial charge in [-0.3, -0.25) is 4.79 Å². The minimum atomic E-state index is -0.0623. The van der Waals surface area contributed by atoms with Crippen LogP contribution in [-0.4, -0.2) is 20.8 Å². The normalized spacial score (nSPS) is 10.5. The first-order valence-electron chi connectivity index (χ1n) is 4.29. The molecule has 0 N–H and O–H groups in total. The molecule has 2 aromatic rings. The number of rotatable bonds is 3. The molecular weight excluding hydrogens is 278 g/mol. The first-order chi connectivity index (χ1) is 7.15. The van der Waals surface area contributed by atoms with E-state index in [1.165, 1.54) is 6.92 Å². The highest BCUT2D eigenvalue weighted by Crippen LogP contribution is 2.21. The molecule has 0 aliphatic rings. The maximum atomic E-state index is 11.0. The van der Waals surface area contributed by atoms with Crippen LogP contribution in [0.2, 0.25) is 0 Å². The van der Waals surface area contributed by atoms with E-state index in [0.717, 1.165) is 9.35 Å². The number of thiophene rings is 1. The molecule has 0 fully saturated rings. The van der Waals surface area contributed by atoms with Crippen LogP contribution in [0.15, 0.2) is 21.4 Å². The zero-order chi connectivity index (χ0) is 10.8. The number of aromatic nitrogens is 3. The summed E-state index contributed by atoms with van der Waals surface area (Å²) in [5.74, 6) is -0.0623. The standard InChI is InChI=1S/C9H8BrN3OS/c1-6(14)8-4-13(12-11-8)3-7-2-9(10)15-5-7/h2,4-5H,3H2,1H3. The molecule has 0 atom stereocenters. The van der Waals surface area contributed by atoms with E-state index in [9.17, 15) is 4.79 Å². The zero-order valence-corrected chi connectivity index (χ0v) is 10.4. The maximum Gasteiger partial charge on any atom is 0.181 e. The summed E-state index contributed by atoms with van der Waals surface area (Å²) in [6, 6.07) is 2.03. The van der Waals surface area contributed by atoms with E-state index >= 15 is 0 Å². The predicted molar refractivity (Wildman–Crippen MR) is 61.1 cm³/mol. The van der Waals surface area contributed by atoms with Gasteiger partial charge in [-0.15, -0.1) is 16.4 Å². The molecule has 4 nitrogen and oxygen atoms in total. The number of halogens is 1. The van der Waals surface area contributed by atoms with Crippen LogP contribution in [0.25, 0.3) is 0 Å². The van der Waals surface area contributed by atoms with Crippen molar-refractivity contribution in [3.63, 3.8) is 0 Å². The highest BCUT2D eigenvalue weighted by molar-refractivity contribution is 9.11. The fourth-order valence-electron chi connectivity index (χ4n) is 1.15. The summed E-state index contributed by atoms with van der Waals surface area (Å²) in [6.45, 7) is 2.12. The second kappa shape index (κ2) is 4.24. The summed E-state index contributed by atoms with van der Waals surface area (Å²) in [5.41, 5.74) is 1.55. The summed E-state index contributed by atoms with van der Waals surface area (Å²) in [6.07, 6.45) is 1.66. The smallest absolute Gasteiger partial charge is 0.181 e. The lowest BCUT2D eigenvalue weighted by Crippen LogP contribution is -1.98. The third-order valence-corrected chi connectivity index (χ3v) is 3.42. The molecule has 0 aromatic carbocycles. The number of nitrogens with zero attached hydrogens (tertiary/aromatic N) is 3. The van der Waals surface area contributed by atoms with Gasteiger partial charge in [-0.1, -0.05) is 5.21 Å². The molecule has 2 rings (SSSR count). The van der Waals surface area contributed by atoms with Crippen LogP contribution in [0, 0.1) is 0 Å². The van der Waals surface area contributed by atoms with Crippen LogP contribution >= 0.6 is 27.3 Å². The minimum Gasteiger partial charge on any atom is -0.293 e. The van der Waals surface area contributed by atoms with Crippen molar-refractivity contribution in [1.82, 2.24) is 15.0 Å². The summed E-state index contributed by atoms with van der Waals surface area (Å²) in [4.78, 5) is 11.0. The molecule has 2 aromatic heterocycles. The molecule has 6 heteroatoms. The van der Waals surface area contributed by atoms with Crippen molar-refractivity contribution in [2.75, 3.05) is 0 Å². The Morgan fingerprint density at radius 2 is 2.47 bits per heavy atom. The molecule has 0 saturated heterocycles. The molecule has 0 saturated carbocycles. The molecular formula is C9H8BrN3OS. The molecule has 0 unspecified atom stereocenters. The molecule has 0 spiro atoms. The van der Waals surface area contributed by atoms with E-state index in [1.807, 2.05) is 11.4 Å². The van der Waals surface area contributed by atoms with Gasteiger partial charge in [0.2, 0.25) is 0 Å². The highest BCUT2D eigenvalue weighted by Gasteiger charge is 2.06. The van der Waals surface area contributed by atoms with Gasteiger partial charge in [-0.2, -0.15) is 0 Å². The largest absolute Gasteiger partial charge is 0.293 e. The van der Waals surface area contributed by atoms with Gasteiger partial charge >= 0.3 is 0 Å². The number of hydrogen-bond donors (Lipinski definition) is 0. The van der Waals surface area contributed by atoms with Crippen LogP contribution in [0.5, 0.6) is 0 Å². The number of hydrogen-bond acceptors (Lipinski definition) is 4. The summed E-state index contributed by atoms with van der Waals surface area (Å²) in [5, 5.41) is 9.69. The van der Waals surface area contributed by atoms with Gasteiger partial charge in [-0.25, -0.2) is 4.68 Å². The van der Waals surface area contributed by atoms with Gasteiger partial charge in [0.25, 0.3) is 0 Å². The van der Waals surface area contributed by atoms with Crippen molar-refractivity contribution in [2.45, 2.75) is 13.5 Å². The third kappa shape index (κ3) is 2.51. The highest BCUT2D eigenvalue weighted by atomic mass is 79.9. The Kier molecular flexibility index (Phi) is 2.97. The second-order valence-electron chi connectivity index (χ2n) is 3.12.